The second-order valence-electron chi connectivity index (χ2n) is 6.72. The minimum atomic E-state index is -1.15. The lowest BCUT2D eigenvalue weighted by Crippen LogP contribution is -2.46. The fourth-order valence-electron chi connectivity index (χ4n) is 3.35. The Morgan fingerprint density at radius 1 is 1.25 bits per heavy atom. The van der Waals surface area contributed by atoms with Crippen molar-refractivity contribution in [1.29, 1.82) is 5.26 Å². The molecule has 9 heteroatoms. The first kappa shape index (κ1) is 19.8. The van der Waals surface area contributed by atoms with Crippen LogP contribution in [0.1, 0.15) is 32.3 Å². The van der Waals surface area contributed by atoms with Crippen molar-refractivity contribution in [2.24, 2.45) is 11.8 Å². The van der Waals surface area contributed by atoms with Crippen molar-refractivity contribution >= 4 is 40.0 Å². The molecule has 1 N–H and O–H groups in total. The van der Waals surface area contributed by atoms with Gasteiger partial charge in [-0.25, -0.2) is 4.79 Å². The Hall–Kier alpha value is -2.99. The molecule has 146 valence electrons. The molecule has 1 saturated heterocycles. The molecule has 1 fully saturated rings. The Balaban J connectivity index is 1.62. The van der Waals surface area contributed by atoms with E-state index in [1.165, 1.54) is 25.2 Å². The van der Waals surface area contributed by atoms with E-state index in [4.69, 9.17) is 10.00 Å². The highest BCUT2D eigenvalue weighted by Gasteiger charge is 2.50. The molecule has 1 aliphatic carbocycles. The van der Waals surface area contributed by atoms with Gasteiger partial charge in [-0.2, -0.15) is 5.26 Å². The quantitative estimate of drug-likeness (QED) is 0.457. The summed E-state index contributed by atoms with van der Waals surface area (Å²) in [6.07, 6.45) is 3.54. The molecule has 0 aromatic carbocycles. The summed E-state index contributed by atoms with van der Waals surface area (Å²) in [6.45, 7) is 2.80. The third kappa shape index (κ3) is 3.55. The number of ether oxygens (including phenoxy) is 1. The van der Waals surface area contributed by atoms with Crippen LogP contribution >= 0.6 is 11.3 Å². The average Bonchev–Trinajstić information content (AvgIpc) is 3.23. The van der Waals surface area contributed by atoms with Crippen LogP contribution < -0.4 is 5.32 Å². The molecule has 1 aliphatic heterocycles. The number of carbonyl (C=O) groups excluding carboxylic acids is 4. The monoisotopic (exact) mass is 401 g/mol. The van der Waals surface area contributed by atoms with Crippen molar-refractivity contribution in [2.75, 3.05) is 5.32 Å². The normalized spacial score (nSPS) is 23.0. The summed E-state index contributed by atoms with van der Waals surface area (Å²) in [6, 6.07) is 2.40. The maximum absolute atomic E-state index is 12.6. The number of imide groups is 1. The largest absolute Gasteiger partial charge is 0.451 e. The summed E-state index contributed by atoms with van der Waals surface area (Å²) < 4.78 is 5.17. The van der Waals surface area contributed by atoms with Crippen LogP contribution in [0.2, 0.25) is 0 Å². The van der Waals surface area contributed by atoms with Crippen molar-refractivity contribution in [3.05, 3.63) is 29.2 Å². The number of rotatable bonds is 5. The van der Waals surface area contributed by atoms with Crippen molar-refractivity contribution in [2.45, 2.75) is 38.8 Å². The fourth-order valence-corrected chi connectivity index (χ4v) is 4.09. The summed E-state index contributed by atoms with van der Waals surface area (Å²) in [5, 5.41) is 13.5. The lowest BCUT2D eigenvalue weighted by molar-refractivity contribution is -0.163. The maximum atomic E-state index is 12.6. The fraction of sp³-hybridized carbons (Fsp3) is 0.421. The molecule has 2 aliphatic rings. The van der Waals surface area contributed by atoms with Gasteiger partial charge in [-0.1, -0.05) is 12.2 Å². The van der Waals surface area contributed by atoms with Gasteiger partial charge in [-0.15, -0.1) is 11.3 Å². The number of hydrogen-bond donors (Lipinski definition) is 1. The first-order valence-corrected chi connectivity index (χ1v) is 9.74. The first-order chi connectivity index (χ1) is 13.3. The zero-order chi connectivity index (χ0) is 20.4. The Labute approximate surface area is 165 Å². The van der Waals surface area contributed by atoms with Gasteiger partial charge in [0.15, 0.2) is 6.10 Å². The van der Waals surface area contributed by atoms with Crippen LogP contribution in [0.25, 0.3) is 0 Å². The highest BCUT2D eigenvalue weighted by molar-refractivity contribution is 7.14. The van der Waals surface area contributed by atoms with E-state index in [0.29, 0.717) is 23.4 Å². The molecule has 0 bridgehead atoms. The van der Waals surface area contributed by atoms with Crippen LogP contribution in [0, 0.1) is 23.2 Å². The summed E-state index contributed by atoms with van der Waals surface area (Å²) in [5.74, 6) is -3.05. The number of likely N-dealkylation sites (tertiary alicyclic amines) is 1. The molecule has 0 spiro atoms. The Bertz CT molecular complexity index is 874. The number of fused-ring (bicyclic) bond motifs is 1. The van der Waals surface area contributed by atoms with Crippen LogP contribution in [-0.4, -0.2) is 40.7 Å². The minimum Gasteiger partial charge on any atom is -0.451 e. The number of anilines is 1. The average molecular weight is 401 g/mol. The predicted molar refractivity (Wildman–Crippen MR) is 99.9 cm³/mol. The maximum Gasteiger partial charge on any atom is 0.329 e. The summed E-state index contributed by atoms with van der Waals surface area (Å²) in [7, 11) is 0. The summed E-state index contributed by atoms with van der Waals surface area (Å²) in [4.78, 5) is 50.8. The molecule has 4 atom stereocenters. The second-order valence-corrected chi connectivity index (χ2v) is 7.64. The van der Waals surface area contributed by atoms with Gasteiger partial charge in [0.25, 0.3) is 5.91 Å². The Morgan fingerprint density at radius 2 is 1.86 bits per heavy atom. The van der Waals surface area contributed by atoms with E-state index in [1.54, 1.807) is 11.4 Å². The third-order valence-electron chi connectivity index (χ3n) is 4.95. The molecule has 2 heterocycles. The molecule has 28 heavy (non-hydrogen) atoms. The number of thiophene rings is 1. The molecule has 1 aromatic rings. The highest BCUT2D eigenvalue weighted by atomic mass is 32.1. The van der Waals surface area contributed by atoms with Crippen LogP contribution in [0.5, 0.6) is 0 Å². The first-order valence-electron chi connectivity index (χ1n) is 8.86. The molecular weight excluding hydrogens is 382 g/mol. The van der Waals surface area contributed by atoms with Gasteiger partial charge in [0.1, 0.15) is 17.1 Å². The van der Waals surface area contributed by atoms with Gasteiger partial charge in [-0.05, 0) is 38.1 Å². The van der Waals surface area contributed by atoms with Crippen LogP contribution in [-0.2, 0) is 23.9 Å². The molecule has 0 saturated carbocycles. The van der Waals surface area contributed by atoms with Gasteiger partial charge in [0.05, 0.1) is 17.4 Å². The van der Waals surface area contributed by atoms with Crippen LogP contribution in [0.15, 0.2) is 23.6 Å². The molecule has 0 unspecified atom stereocenters. The van der Waals surface area contributed by atoms with Crippen molar-refractivity contribution < 1.29 is 23.9 Å². The van der Waals surface area contributed by atoms with Gasteiger partial charge in [-0.3, -0.25) is 19.3 Å². The highest BCUT2D eigenvalue weighted by Crippen LogP contribution is 2.36. The van der Waals surface area contributed by atoms with Crippen LogP contribution in [0.4, 0.5) is 5.00 Å². The van der Waals surface area contributed by atoms with E-state index in [1.807, 2.05) is 18.2 Å². The number of nitrogens with zero attached hydrogens (tertiary/aromatic N) is 2. The van der Waals surface area contributed by atoms with E-state index in [0.717, 1.165) is 4.90 Å². The van der Waals surface area contributed by atoms with E-state index in [9.17, 15) is 19.2 Å². The third-order valence-corrected chi connectivity index (χ3v) is 5.78. The summed E-state index contributed by atoms with van der Waals surface area (Å²) in [5.41, 5.74) is 0.315. The van der Waals surface area contributed by atoms with E-state index >= 15 is 0 Å². The van der Waals surface area contributed by atoms with Crippen molar-refractivity contribution in [1.82, 2.24) is 4.90 Å². The molecule has 3 amide bonds. The number of carbonyl (C=O) groups is 4. The van der Waals surface area contributed by atoms with Gasteiger partial charge >= 0.3 is 5.97 Å². The van der Waals surface area contributed by atoms with E-state index in [-0.39, 0.29) is 11.8 Å². The molecule has 1 aromatic heterocycles. The molecule has 8 nitrogen and oxygen atoms in total. The van der Waals surface area contributed by atoms with Crippen molar-refractivity contribution in [3.8, 4) is 6.07 Å². The number of nitriles is 1. The van der Waals surface area contributed by atoms with E-state index in [2.05, 4.69) is 5.32 Å². The zero-order valence-corrected chi connectivity index (χ0v) is 16.2. The van der Waals surface area contributed by atoms with Crippen LogP contribution in [0.3, 0.4) is 0 Å². The number of nitrogens with one attached hydrogen (secondary N) is 1. The van der Waals surface area contributed by atoms with Gasteiger partial charge in [0, 0.05) is 0 Å². The Morgan fingerprint density at radius 3 is 2.43 bits per heavy atom. The topological polar surface area (TPSA) is 117 Å². The molecule has 3 rings (SSSR count). The predicted octanol–water partition coefficient (Wildman–Crippen LogP) is 1.83. The minimum absolute atomic E-state index is 0.315. The number of esters is 1. The van der Waals surface area contributed by atoms with Gasteiger partial charge in [0.2, 0.25) is 11.8 Å². The summed E-state index contributed by atoms with van der Waals surface area (Å²) >= 11 is 1.18. The zero-order valence-electron chi connectivity index (χ0n) is 15.4. The smallest absolute Gasteiger partial charge is 0.329 e. The lowest BCUT2D eigenvalue weighted by Gasteiger charge is -2.23. The van der Waals surface area contributed by atoms with Crippen molar-refractivity contribution in [3.63, 3.8) is 0 Å². The Kier molecular flexibility index (Phi) is 5.61. The van der Waals surface area contributed by atoms with E-state index < -0.39 is 35.9 Å². The number of allylic oxidation sites excluding steroid dienone is 2. The standard InChI is InChI=1S/C19H19N3O5S/c1-10(22-17(24)13-5-3-4-6-14(13)18(22)25)19(26)27-11(2)15(23)21-16-12(9-20)7-8-28-16/h3-4,7-8,10-11,13-14H,5-6H2,1-2H3,(H,21,23)/t10-,11+,13-,14-/m0/s1. The van der Waals surface area contributed by atoms with Gasteiger partial charge < -0.3 is 10.1 Å². The SMILES string of the molecule is C[C@@H](OC(=O)[C@H](C)N1C(=O)[C@H]2CC=CC[C@@H]2C1=O)C(=O)Nc1sccc1C#N. The second kappa shape index (κ2) is 7.94. The lowest BCUT2D eigenvalue weighted by atomic mass is 9.85. The molecule has 0 radical (unpaired) electrons. The molecular formula is C19H19N3O5S. The number of amides is 3. The number of hydrogen-bond acceptors (Lipinski definition) is 7.